The van der Waals surface area contributed by atoms with Gasteiger partial charge in [-0.15, -0.1) is 0 Å². The van der Waals surface area contributed by atoms with Gasteiger partial charge in [-0.1, -0.05) is 31.5 Å². The Morgan fingerprint density at radius 2 is 2.00 bits per heavy atom. The van der Waals surface area contributed by atoms with Gasteiger partial charge in [-0.3, -0.25) is 4.79 Å². The highest BCUT2D eigenvalue weighted by Crippen LogP contribution is 2.18. The second kappa shape index (κ2) is 7.59. The molecule has 0 spiro atoms. The molecule has 0 radical (unpaired) electrons. The van der Waals surface area contributed by atoms with Crippen LogP contribution in [0.4, 0.5) is 0 Å². The quantitative estimate of drug-likeness (QED) is 0.656. The summed E-state index contributed by atoms with van der Waals surface area (Å²) in [5, 5.41) is 7.45. The van der Waals surface area contributed by atoms with Gasteiger partial charge >= 0.3 is 0 Å². The highest BCUT2D eigenvalue weighted by molar-refractivity contribution is 5.92. The molecule has 116 valence electrons. The SMILES string of the molecule is CCCCNC(=O)C=Cc1c(C)nn(-c2ccccc2)c1C. The lowest BCUT2D eigenvalue weighted by molar-refractivity contribution is -0.116. The number of benzene rings is 1. The Hall–Kier alpha value is -2.36. The number of amides is 1. The normalized spacial score (nSPS) is 11.0. The van der Waals surface area contributed by atoms with E-state index in [2.05, 4.69) is 17.3 Å². The highest BCUT2D eigenvalue weighted by atomic mass is 16.1. The zero-order chi connectivity index (χ0) is 15.9. The van der Waals surface area contributed by atoms with Crippen molar-refractivity contribution in [3.05, 3.63) is 53.4 Å². The van der Waals surface area contributed by atoms with E-state index in [1.54, 1.807) is 6.08 Å². The van der Waals surface area contributed by atoms with E-state index in [9.17, 15) is 4.79 Å². The Morgan fingerprint density at radius 1 is 1.27 bits per heavy atom. The van der Waals surface area contributed by atoms with E-state index >= 15 is 0 Å². The van der Waals surface area contributed by atoms with Crippen LogP contribution in [0.15, 0.2) is 36.4 Å². The Labute approximate surface area is 131 Å². The van der Waals surface area contributed by atoms with Crippen molar-refractivity contribution in [2.75, 3.05) is 6.54 Å². The minimum Gasteiger partial charge on any atom is -0.353 e. The van der Waals surface area contributed by atoms with Crippen LogP contribution in [0, 0.1) is 13.8 Å². The van der Waals surface area contributed by atoms with Crippen molar-refractivity contribution in [1.29, 1.82) is 0 Å². The van der Waals surface area contributed by atoms with Gasteiger partial charge in [-0.05, 0) is 38.5 Å². The summed E-state index contributed by atoms with van der Waals surface area (Å²) in [4.78, 5) is 11.8. The molecule has 0 fully saturated rings. The molecule has 0 saturated carbocycles. The third-order valence-corrected chi connectivity index (χ3v) is 3.58. The number of hydrogen-bond acceptors (Lipinski definition) is 2. The lowest BCUT2D eigenvalue weighted by Crippen LogP contribution is -2.21. The van der Waals surface area contributed by atoms with Crippen LogP contribution in [-0.2, 0) is 4.79 Å². The number of nitrogens with zero attached hydrogens (tertiary/aromatic N) is 2. The number of aryl methyl sites for hydroxylation is 1. The summed E-state index contributed by atoms with van der Waals surface area (Å²) in [6.07, 6.45) is 5.51. The van der Waals surface area contributed by atoms with Crippen LogP contribution < -0.4 is 5.32 Å². The number of carbonyl (C=O) groups is 1. The van der Waals surface area contributed by atoms with Gasteiger partial charge in [-0.2, -0.15) is 5.10 Å². The molecule has 0 unspecified atom stereocenters. The molecule has 0 saturated heterocycles. The van der Waals surface area contributed by atoms with Gasteiger partial charge in [0, 0.05) is 23.9 Å². The molecule has 1 heterocycles. The molecule has 22 heavy (non-hydrogen) atoms. The van der Waals surface area contributed by atoms with Gasteiger partial charge in [0.05, 0.1) is 11.4 Å². The first kappa shape index (κ1) is 16.0. The maximum Gasteiger partial charge on any atom is 0.244 e. The number of carbonyl (C=O) groups excluding carboxylic acids is 1. The van der Waals surface area contributed by atoms with E-state index in [1.165, 1.54) is 0 Å². The van der Waals surface area contributed by atoms with E-state index in [1.807, 2.05) is 54.9 Å². The van der Waals surface area contributed by atoms with Crippen molar-refractivity contribution in [2.45, 2.75) is 33.6 Å². The second-order valence-corrected chi connectivity index (χ2v) is 5.31. The van der Waals surface area contributed by atoms with E-state index in [0.717, 1.165) is 42.0 Å². The number of aromatic nitrogens is 2. The fourth-order valence-electron chi connectivity index (χ4n) is 2.32. The lowest BCUT2D eigenvalue weighted by atomic mass is 10.2. The zero-order valence-corrected chi connectivity index (χ0v) is 13.5. The van der Waals surface area contributed by atoms with E-state index in [0.29, 0.717) is 0 Å². The van der Waals surface area contributed by atoms with Gasteiger partial charge in [0.2, 0.25) is 5.91 Å². The Balaban J connectivity index is 2.16. The molecule has 0 aliphatic rings. The van der Waals surface area contributed by atoms with Gasteiger partial charge in [-0.25, -0.2) is 4.68 Å². The summed E-state index contributed by atoms with van der Waals surface area (Å²) in [6.45, 7) is 6.80. The number of unbranched alkanes of at least 4 members (excludes halogenated alkanes) is 1. The second-order valence-electron chi connectivity index (χ2n) is 5.31. The summed E-state index contributed by atoms with van der Waals surface area (Å²) in [5.41, 5.74) is 3.96. The van der Waals surface area contributed by atoms with Gasteiger partial charge in [0.15, 0.2) is 0 Å². The Morgan fingerprint density at radius 3 is 2.68 bits per heavy atom. The fourth-order valence-corrected chi connectivity index (χ4v) is 2.32. The molecular formula is C18H23N3O. The first-order valence-corrected chi connectivity index (χ1v) is 7.71. The average molecular weight is 297 g/mol. The molecule has 1 aromatic heterocycles. The molecule has 1 N–H and O–H groups in total. The topological polar surface area (TPSA) is 46.9 Å². The minimum absolute atomic E-state index is 0.0558. The number of para-hydroxylation sites is 1. The smallest absolute Gasteiger partial charge is 0.244 e. The molecule has 0 bridgehead atoms. The van der Waals surface area contributed by atoms with Gasteiger partial charge < -0.3 is 5.32 Å². The largest absolute Gasteiger partial charge is 0.353 e. The predicted octanol–water partition coefficient (Wildman–Crippen LogP) is 3.42. The molecular weight excluding hydrogens is 274 g/mol. The number of hydrogen-bond donors (Lipinski definition) is 1. The summed E-state index contributed by atoms with van der Waals surface area (Å²) in [7, 11) is 0. The van der Waals surface area contributed by atoms with Crippen molar-refractivity contribution in [1.82, 2.24) is 15.1 Å². The zero-order valence-electron chi connectivity index (χ0n) is 13.5. The number of nitrogens with one attached hydrogen (secondary N) is 1. The van der Waals surface area contributed by atoms with E-state index in [-0.39, 0.29) is 5.91 Å². The number of rotatable bonds is 6. The van der Waals surface area contributed by atoms with Crippen molar-refractivity contribution < 1.29 is 4.79 Å². The van der Waals surface area contributed by atoms with E-state index in [4.69, 9.17) is 0 Å². The van der Waals surface area contributed by atoms with Crippen LogP contribution in [0.5, 0.6) is 0 Å². The molecule has 4 nitrogen and oxygen atoms in total. The molecule has 4 heteroatoms. The maximum absolute atomic E-state index is 11.8. The van der Waals surface area contributed by atoms with Gasteiger partial charge in [0.25, 0.3) is 0 Å². The lowest BCUT2D eigenvalue weighted by Gasteiger charge is -2.03. The average Bonchev–Trinajstić information content (AvgIpc) is 2.81. The molecule has 2 rings (SSSR count). The van der Waals surface area contributed by atoms with Crippen molar-refractivity contribution >= 4 is 12.0 Å². The summed E-state index contributed by atoms with van der Waals surface area (Å²) in [5.74, 6) is -0.0558. The first-order valence-electron chi connectivity index (χ1n) is 7.71. The van der Waals surface area contributed by atoms with E-state index < -0.39 is 0 Å². The molecule has 0 atom stereocenters. The van der Waals surface area contributed by atoms with Crippen molar-refractivity contribution in [3.63, 3.8) is 0 Å². The third kappa shape index (κ3) is 3.85. The van der Waals surface area contributed by atoms with Crippen LogP contribution in [0.25, 0.3) is 11.8 Å². The van der Waals surface area contributed by atoms with Crippen LogP contribution in [0.1, 0.15) is 36.7 Å². The molecule has 1 aromatic carbocycles. The predicted molar refractivity (Wildman–Crippen MR) is 90.0 cm³/mol. The van der Waals surface area contributed by atoms with Crippen molar-refractivity contribution in [3.8, 4) is 5.69 Å². The highest BCUT2D eigenvalue weighted by Gasteiger charge is 2.10. The molecule has 0 aliphatic heterocycles. The van der Waals surface area contributed by atoms with Crippen LogP contribution >= 0.6 is 0 Å². The Kier molecular flexibility index (Phi) is 5.53. The minimum atomic E-state index is -0.0558. The summed E-state index contributed by atoms with van der Waals surface area (Å²) < 4.78 is 1.91. The first-order chi connectivity index (χ1) is 10.6. The third-order valence-electron chi connectivity index (χ3n) is 3.58. The fraction of sp³-hybridized carbons (Fsp3) is 0.333. The molecule has 1 amide bonds. The molecule has 0 aliphatic carbocycles. The van der Waals surface area contributed by atoms with Crippen molar-refractivity contribution in [2.24, 2.45) is 0 Å². The maximum atomic E-state index is 11.8. The van der Waals surface area contributed by atoms with Gasteiger partial charge in [0.1, 0.15) is 0 Å². The summed E-state index contributed by atoms with van der Waals surface area (Å²) in [6, 6.07) is 10.00. The van der Waals surface area contributed by atoms with Crippen LogP contribution in [0.2, 0.25) is 0 Å². The summed E-state index contributed by atoms with van der Waals surface area (Å²) >= 11 is 0. The monoisotopic (exact) mass is 297 g/mol. The standard InChI is InChI=1S/C18H23N3O/c1-4-5-13-19-18(22)12-11-17-14(2)20-21(15(17)3)16-9-7-6-8-10-16/h6-12H,4-5,13H2,1-3H3,(H,19,22). The molecule has 2 aromatic rings. The van der Waals surface area contributed by atoms with Crippen LogP contribution in [-0.4, -0.2) is 22.2 Å². The Bertz CT molecular complexity index is 656. The van der Waals surface area contributed by atoms with Crippen LogP contribution in [0.3, 0.4) is 0 Å².